The number of fused-ring (bicyclic) bond motifs is 1. The second-order valence-corrected chi connectivity index (χ2v) is 5.24. The summed E-state index contributed by atoms with van der Waals surface area (Å²) in [4.78, 5) is 0. The molecule has 18 heavy (non-hydrogen) atoms. The van der Waals surface area contributed by atoms with Crippen LogP contribution in [0.5, 0.6) is 0 Å². The zero-order valence-corrected chi connectivity index (χ0v) is 11.1. The highest BCUT2D eigenvalue weighted by molar-refractivity contribution is 5.86. The first kappa shape index (κ1) is 13.1. The Labute approximate surface area is 109 Å². The van der Waals surface area contributed by atoms with E-state index in [1.165, 1.54) is 16.3 Å². The minimum Gasteiger partial charge on any atom is -0.330 e. The second kappa shape index (κ2) is 5.51. The molecule has 2 aromatic carbocycles. The van der Waals surface area contributed by atoms with Crippen molar-refractivity contribution < 1.29 is 0 Å². The summed E-state index contributed by atoms with van der Waals surface area (Å²) in [6.45, 7) is 4.99. The SMILES string of the molecule is CC(C)C(CN)C(N)c1cccc2ccccc12. The van der Waals surface area contributed by atoms with Gasteiger partial charge in [-0.25, -0.2) is 0 Å². The molecular formula is C16H22N2. The van der Waals surface area contributed by atoms with Crippen molar-refractivity contribution in [1.82, 2.24) is 0 Å². The van der Waals surface area contributed by atoms with Crippen molar-refractivity contribution in [1.29, 1.82) is 0 Å². The van der Waals surface area contributed by atoms with E-state index in [1.807, 2.05) is 0 Å². The molecule has 0 radical (unpaired) electrons. The van der Waals surface area contributed by atoms with E-state index in [2.05, 4.69) is 56.3 Å². The van der Waals surface area contributed by atoms with Gasteiger partial charge in [-0.1, -0.05) is 56.3 Å². The molecule has 0 aliphatic heterocycles. The molecule has 2 atom stereocenters. The Balaban J connectivity index is 2.47. The van der Waals surface area contributed by atoms with Gasteiger partial charge in [-0.15, -0.1) is 0 Å². The predicted molar refractivity (Wildman–Crippen MR) is 78.3 cm³/mol. The van der Waals surface area contributed by atoms with Gasteiger partial charge < -0.3 is 11.5 Å². The molecular weight excluding hydrogens is 220 g/mol. The molecule has 0 fully saturated rings. The Hall–Kier alpha value is -1.38. The van der Waals surface area contributed by atoms with Gasteiger partial charge in [0.1, 0.15) is 0 Å². The Morgan fingerprint density at radius 3 is 2.33 bits per heavy atom. The van der Waals surface area contributed by atoms with Gasteiger partial charge in [0.25, 0.3) is 0 Å². The molecule has 0 saturated heterocycles. The van der Waals surface area contributed by atoms with Crippen molar-refractivity contribution in [2.45, 2.75) is 19.9 Å². The van der Waals surface area contributed by atoms with E-state index in [0.29, 0.717) is 18.4 Å². The highest BCUT2D eigenvalue weighted by atomic mass is 14.7. The number of rotatable bonds is 4. The summed E-state index contributed by atoms with van der Waals surface area (Å²) in [5, 5.41) is 2.48. The quantitative estimate of drug-likeness (QED) is 0.865. The summed E-state index contributed by atoms with van der Waals surface area (Å²) in [6, 6.07) is 14.7. The molecule has 2 nitrogen and oxygen atoms in total. The average molecular weight is 242 g/mol. The molecule has 0 spiro atoms. The van der Waals surface area contributed by atoms with E-state index in [4.69, 9.17) is 11.5 Å². The van der Waals surface area contributed by atoms with Gasteiger partial charge in [0.15, 0.2) is 0 Å². The van der Waals surface area contributed by atoms with E-state index >= 15 is 0 Å². The number of nitrogens with two attached hydrogens (primary N) is 2. The van der Waals surface area contributed by atoms with Gasteiger partial charge in [0.05, 0.1) is 0 Å². The highest BCUT2D eigenvalue weighted by Gasteiger charge is 2.22. The molecule has 0 aromatic heterocycles. The fraction of sp³-hybridized carbons (Fsp3) is 0.375. The first-order valence-corrected chi connectivity index (χ1v) is 6.58. The maximum atomic E-state index is 6.44. The van der Waals surface area contributed by atoms with Gasteiger partial charge in [0.2, 0.25) is 0 Å². The molecule has 0 aliphatic rings. The van der Waals surface area contributed by atoms with E-state index in [0.717, 1.165) is 0 Å². The molecule has 0 bridgehead atoms. The van der Waals surface area contributed by atoms with Gasteiger partial charge >= 0.3 is 0 Å². The largest absolute Gasteiger partial charge is 0.330 e. The molecule has 2 unspecified atom stereocenters. The summed E-state index contributed by atoms with van der Waals surface area (Å²) in [6.07, 6.45) is 0. The van der Waals surface area contributed by atoms with Crippen LogP contribution in [-0.4, -0.2) is 6.54 Å². The molecule has 0 amide bonds. The maximum absolute atomic E-state index is 6.44. The van der Waals surface area contributed by atoms with Crippen LogP contribution in [0.1, 0.15) is 25.5 Å². The van der Waals surface area contributed by atoms with E-state index in [9.17, 15) is 0 Å². The normalized spacial score (nSPS) is 14.9. The van der Waals surface area contributed by atoms with Crippen molar-refractivity contribution in [3.8, 4) is 0 Å². The van der Waals surface area contributed by atoms with Gasteiger partial charge in [-0.05, 0) is 34.7 Å². The Bertz CT molecular complexity index is 514. The first-order chi connectivity index (χ1) is 8.65. The summed E-state index contributed by atoms with van der Waals surface area (Å²) in [7, 11) is 0. The molecule has 2 aromatic rings. The lowest BCUT2D eigenvalue weighted by molar-refractivity contribution is 0.332. The van der Waals surface area contributed by atoms with Crippen molar-refractivity contribution in [2.24, 2.45) is 23.3 Å². The fourth-order valence-corrected chi connectivity index (χ4v) is 2.61. The third-order valence-electron chi connectivity index (χ3n) is 3.77. The Kier molecular flexibility index (Phi) is 4.00. The van der Waals surface area contributed by atoms with Crippen molar-refractivity contribution in [3.63, 3.8) is 0 Å². The number of benzene rings is 2. The molecule has 0 saturated carbocycles. The number of hydrogen-bond acceptors (Lipinski definition) is 2. The summed E-state index contributed by atoms with van der Waals surface area (Å²) in [5.74, 6) is 0.805. The van der Waals surface area contributed by atoms with Crippen molar-refractivity contribution in [3.05, 3.63) is 48.0 Å². The van der Waals surface area contributed by atoms with Crippen LogP contribution in [0.15, 0.2) is 42.5 Å². The molecule has 2 heteroatoms. The van der Waals surface area contributed by atoms with Crippen molar-refractivity contribution >= 4 is 10.8 Å². The standard InChI is InChI=1S/C16H22N2/c1-11(2)15(10-17)16(18)14-9-5-7-12-6-3-4-8-13(12)14/h3-9,11,15-16H,10,17-18H2,1-2H3. The smallest absolute Gasteiger partial charge is 0.0344 e. The zero-order chi connectivity index (χ0) is 13.1. The summed E-state index contributed by atoms with van der Waals surface area (Å²) >= 11 is 0. The van der Waals surface area contributed by atoms with Crippen LogP contribution in [0.25, 0.3) is 10.8 Å². The van der Waals surface area contributed by atoms with Crippen LogP contribution in [0.3, 0.4) is 0 Å². The van der Waals surface area contributed by atoms with Crippen LogP contribution in [0.2, 0.25) is 0 Å². The summed E-state index contributed by atoms with van der Waals surface area (Å²) in [5.41, 5.74) is 13.5. The second-order valence-electron chi connectivity index (χ2n) is 5.24. The highest BCUT2D eigenvalue weighted by Crippen LogP contribution is 2.30. The number of hydrogen-bond donors (Lipinski definition) is 2. The van der Waals surface area contributed by atoms with Crippen LogP contribution in [0, 0.1) is 11.8 Å². The van der Waals surface area contributed by atoms with E-state index in [-0.39, 0.29) is 6.04 Å². The lowest BCUT2D eigenvalue weighted by Gasteiger charge is -2.27. The van der Waals surface area contributed by atoms with E-state index < -0.39 is 0 Å². The lowest BCUT2D eigenvalue weighted by Crippen LogP contribution is -2.31. The molecule has 0 heterocycles. The third kappa shape index (κ3) is 2.40. The minimum atomic E-state index is 0.00102. The van der Waals surface area contributed by atoms with Crippen LogP contribution in [-0.2, 0) is 0 Å². The predicted octanol–water partition coefficient (Wildman–Crippen LogP) is 3.07. The third-order valence-corrected chi connectivity index (χ3v) is 3.77. The molecule has 96 valence electrons. The minimum absolute atomic E-state index is 0.00102. The Morgan fingerprint density at radius 1 is 1.00 bits per heavy atom. The zero-order valence-electron chi connectivity index (χ0n) is 11.1. The van der Waals surface area contributed by atoms with Crippen LogP contribution in [0.4, 0.5) is 0 Å². The van der Waals surface area contributed by atoms with Gasteiger partial charge in [-0.2, -0.15) is 0 Å². The molecule has 2 rings (SSSR count). The van der Waals surface area contributed by atoms with Crippen LogP contribution < -0.4 is 11.5 Å². The van der Waals surface area contributed by atoms with E-state index in [1.54, 1.807) is 0 Å². The van der Waals surface area contributed by atoms with Gasteiger partial charge in [0, 0.05) is 6.04 Å². The average Bonchev–Trinajstić information content (AvgIpc) is 2.38. The molecule has 0 aliphatic carbocycles. The first-order valence-electron chi connectivity index (χ1n) is 6.58. The molecule has 4 N–H and O–H groups in total. The van der Waals surface area contributed by atoms with Gasteiger partial charge in [-0.3, -0.25) is 0 Å². The topological polar surface area (TPSA) is 52.0 Å². The van der Waals surface area contributed by atoms with Crippen LogP contribution >= 0.6 is 0 Å². The monoisotopic (exact) mass is 242 g/mol. The Morgan fingerprint density at radius 2 is 1.67 bits per heavy atom. The maximum Gasteiger partial charge on any atom is 0.0344 e. The summed E-state index contributed by atoms with van der Waals surface area (Å²) < 4.78 is 0. The fourth-order valence-electron chi connectivity index (χ4n) is 2.61. The van der Waals surface area contributed by atoms with Crippen molar-refractivity contribution in [2.75, 3.05) is 6.54 Å². The lowest BCUT2D eigenvalue weighted by atomic mass is 9.83.